The summed E-state index contributed by atoms with van der Waals surface area (Å²) in [7, 11) is 0. The quantitative estimate of drug-likeness (QED) is 0.0261. The summed E-state index contributed by atoms with van der Waals surface area (Å²) in [6.45, 7) is 6.52. The second kappa shape index (κ2) is 63.1. The molecule has 0 N–H and O–H groups in total. The van der Waals surface area contributed by atoms with Crippen molar-refractivity contribution in [1.29, 1.82) is 0 Å². The van der Waals surface area contributed by atoms with E-state index in [0.717, 1.165) is 103 Å². The Hall–Kier alpha value is -3.41. The summed E-state index contributed by atoms with van der Waals surface area (Å²) >= 11 is 0. The second-order valence-corrected chi connectivity index (χ2v) is 21.3. The number of unbranched alkanes of at least 4 members (excludes halogenated alkanes) is 33. The van der Waals surface area contributed by atoms with E-state index in [1.54, 1.807) is 0 Å². The number of allylic oxidation sites excluding steroid dienone is 14. The van der Waals surface area contributed by atoms with E-state index in [0.29, 0.717) is 19.3 Å². The average Bonchev–Trinajstić information content (AvgIpc) is 3.41. The fourth-order valence-electron chi connectivity index (χ4n) is 9.09. The molecule has 0 aliphatic carbocycles. The van der Waals surface area contributed by atoms with Gasteiger partial charge in [-0.25, -0.2) is 0 Å². The zero-order valence-corrected chi connectivity index (χ0v) is 49.6. The molecule has 0 spiro atoms. The van der Waals surface area contributed by atoms with Crippen LogP contribution in [0.1, 0.15) is 316 Å². The molecule has 0 fully saturated rings. The van der Waals surface area contributed by atoms with Crippen molar-refractivity contribution in [3.8, 4) is 0 Å². The molecule has 6 nitrogen and oxygen atoms in total. The molecular formula is C69H120O6. The van der Waals surface area contributed by atoms with Gasteiger partial charge in [0.15, 0.2) is 6.10 Å². The molecule has 0 saturated carbocycles. The lowest BCUT2D eigenvalue weighted by Gasteiger charge is -2.18. The van der Waals surface area contributed by atoms with E-state index in [-0.39, 0.29) is 31.1 Å². The van der Waals surface area contributed by atoms with Gasteiger partial charge in [-0.3, -0.25) is 14.4 Å². The number of rotatable bonds is 58. The van der Waals surface area contributed by atoms with E-state index in [1.165, 1.54) is 173 Å². The zero-order chi connectivity index (χ0) is 54.3. The molecule has 0 aromatic heterocycles. The van der Waals surface area contributed by atoms with Gasteiger partial charge in [-0.2, -0.15) is 0 Å². The largest absolute Gasteiger partial charge is 0.462 e. The molecule has 0 aliphatic rings. The summed E-state index contributed by atoms with van der Waals surface area (Å²) in [5.74, 6) is -0.877. The molecule has 0 bridgehead atoms. The van der Waals surface area contributed by atoms with Crippen LogP contribution in [0.2, 0.25) is 0 Å². The van der Waals surface area contributed by atoms with E-state index in [2.05, 4.69) is 106 Å². The third kappa shape index (κ3) is 61.3. The summed E-state index contributed by atoms with van der Waals surface area (Å²) in [5, 5.41) is 0. The molecule has 0 aliphatic heterocycles. The lowest BCUT2D eigenvalue weighted by Crippen LogP contribution is -2.30. The first-order valence-corrected chi connectivity index (χ1v) is 32.1. The van der Waals surface area contributed by atoms with Gasteiger partial charge in [-0.1, -0.05) is 286 Å². The highest BCUT2D eigenvalue weighted by molar-refractivity contribution is 5.71. The van der Waals surface area contributed by atoms with Crippen LogP contribution in [-0.2, 0) is 28.6 Å². The first-order chi connectivity index (χ1) is 37.0. The summed E-state index contributed by atoms with van der Waals surface area (Å²) < 4.78 is 16.9. The minimum absolute atomic E-state index is 0.0781. The number of esters is 3. The van der Waals surface area contributed by atoms with Gasteiger partial charge in [0.05, 0.1) is 0 Å². The molecule has 0 aromatic rings. The van der Waals surface area contributed by atoms with Crippen molar-refractivity contribution in [2.45, 2.75) is 322 Å². The van der Waals surface area contributed by atoms with E-state index >= 15 is 0 Å². The van der Waals surface area contributed by atoms with Crippen molar-refractivity contribution in [1.82, 2.24) is 0 Å². The standard InChI is InChI=1S/C69H120O6/c1-4-7-10-13-16-19-22-25-27-29-30-31-32-33-34-35-36-37-38-39-40-41-43-44-47-50-53-56-59-62-68(71)74-65-66(64-73-67(70)61-58-55-52-49-46-24-21-18-15-12-9-6-3)75-69(72)63-60-57-54-51-48-45-42-28-26-23-20-17-14-11-8-5-2/h7,10,16,18-19,21,25,27,30-31,33-34,36-37,66H,4-6,8-9,11-15,17,20,22-24,26,28-29,32,35,38-65H2,1-3H3/b10-7-,19-16-,21-18-,27-25-,31-30-,34-33-,37-36-. The Morgan fingerprint density at radius 2 is 0.520 bits per heavy atom. The molecular weight excluding hydrogens is 925 g/mol. The van der Waals surface area contributed by atoms with Crippen LogP contribution < -0.4 is 0 Å². The zero-order valence-electron chi connectivity index (χ0n) is 49.6. The molecule has 0 saturated heterocycles. The number of carbonyl (C=O) groups is 3. The highest BCUT2D eigenvalue weighted by atomic mass is 16.6. The van der Waals surface area contributed by atoms with Crippen LogP contribution in [0.4, 0.5) is 0 Å². The van der Waals surface area contributed by atoms with E-state index < -0.39 is 6.10 Å². The van der Waals surface area contributed by atoms with Gasteiger partial charge in [0, 0.05) is 19.3 Å². The van der Waals surface area contributed by atoms with E-state index in [4.69, 9.17) is 14.2 Å². The van der Waals surface area contributed by atoms with Crippen molar-refractivity contribution in [2.24, 2.45) is 0 Å². The maximum absolute atomic E-state index is 12.9. The maximum atomic E-state index is 12.9. The lowest BCUT2D eigenvalue weighted by molar-refractivity contribution is -0.167. The Balaban J connectivity index is 4.25. The van der Waals surface area contributed by atoms with Crippen molar-refractivity contribution in [3.05, 3.63) is 85.1 Å². The van der Waals surface area contributed by atoms with Gasteiger partial charge >= 0.3 is 17.9 Å². The molecule has 0 rings (SSSR count). The molecule has 0 amide bonds. The lowest BCUT2D eigenvalue weighted by atomic mass is 10.0. The van der Waals surface area contributed by atoms with Gasteiger partial charge in [-0.15, -0.1) is 0 Å². The number of carbonyl (C=O) groups excluding carboxylic acids is 3. The third-order valence-corrected chi connectivity index (χ3v) is 13.9. The van der Waals surface area contributed by atoms with Crippen molar-refractivity contribution < 1.29 is 28.6 Å². The molecule has 432 valence electrons. The summed E-state index contributed by atoms with van der Waals surface area (Å²) in [6.07, 6.45) is 83.0. The average molecular weight is 1050 g/mol. The first-order valence-electron chi connectivity index (χ1n) is 32.1. The molecule has 1 unspecified atom stereocenters. The Morgan fingerprint density at radius 3 is 0.853 bits per heavy atom. The SMILES string of the molecule is CC/C=C\C/C=C\C/C=C\C/C=C\C/C=C\C/C=C\CCCCCCCCCCCCC(=O)OCC(COC(=O)CCCCCCC/C=C\CCCCC)OC(=O)CCCCCCCCCCCCCCCCCC. The molecule has 0 heterocycles. The Morgan fingerprint density at radius 1 is 0.280 bits per heavy atom. The molecule has 75 heavy (non-hydrogen) atoms. The van der Waals surface area contributed by atoms with Gasteiger partial charge in [0.1, 0.15) is 13.2 Å². The summed E-state index contributed by atoms with van der Waals surface area (Å²) in [6, 6.07) is 0. The second-order valence-electron chi connectivity index (χ2n) is 21.3. The van der Waals surface area contributed by atoms with E-state index in [9.17, 15) is 14.4 Å². The molecule has 0 radical (unpaired) electrons. The van der Waals surface area contributed by atoms with Gasteiger partial charge in [0.25, 0.3) is 0 Å². The fraction of sp³-hybridized carbons (Fsp3) is 0.754. The smallest absolute Gasteiger partial charge is 0.306 e. The van der Waals surface area contributed by atoms with Crippen LogP contribution >= 0.6 is 0 Å². The van der Waals surface area contributed by atoms with Crippen molar-refractivity contribution in [3.63, 3.8) is 0 Å². The molecule has 6 heteroatoms. The topological polar surface area (TPSA) is 78.9 Å². The van der Waals surface area contributed by atoms with Crippen molar-refractivity contribution >= 4 is 17.9 Å². The Labute approximate surface area is 465 Å². The summed E-state index contributed by atoms with van der Waals surface area (Å²) in [4.78, 5) is 38.2. The number of hydrogen-bond donors (Lipinski definition) is 0. The van der Waals surface area contributed by atoms with Crippen LogP contribution in [0.5, 0.6) is 0 Å². The van der Waals surface area contributed by atoms with Crippen LogP contribution in [0, 0.1) is 0 Å². The minimum Gasteiger partial charge on any atom is -0.462 e. The number of hydrogen-bond acceptors (Lipinski definition) is 6. The van der Waals surface area contributed by atoms with Crippen LogP contribution in [-0.4, -0.2) is 37.2 Å². The van der Waals surface area contributed by atoms with Gasteiger partial charge in [-0.05, 0) is 96.3 Å². The molecule has 0 aromatic carbocycles. The van der Waals surface area contributed by atoms with Crippen LogP contribution in [0.15, 0.2) is 85.1 Å². The fourth-order valence-corrected chi connectivity index (χ4v) is 9.09. The van der Waals surface area contributed by atoms with Gasteiger partial charge < -0.3 is 14.2 Å². The Bertz CT molecular complexity index is 1430. The summed E-state index contributed by atoms with van der Waals surface area (Å²) in [5.41, 5.74) is 0. The maximum Gasteiger partial charge on any atom is 0.306 e. The highest BCUT2D eigenvalue weighted by Crippen LogP contribution is 2.17. The number of ether oxygens (including phenoxy) is 3. The Kier molecular flexibility index (Phi) is 60.3. The predicted molar refractivity (Wildman–Crippen MR) is 325 cm³/mol. The van der Waals surface area contributed by atoms with Gasteiger partial charge in [0.2, 0.25) is 0 Å². The minimum atomic E-state index is -0.779. The third-order valence-electron chi connectivity index (χ3n) is 13.9. The monoisotopic (exact) mass is 1040 g/mol. The van der Waals surface area contributed by atoms with Crippen molar-refractivity contribution in [2.75, 3.05) is 13.2 Å². The highest BCUT2D eigenvalue weighted by Gasteiger charge is 2.19. The van der Waals surface area contributed by atoms with Crippen LogP contribution in [0.25, 0.3) is 0 Å². The van der Waals surface area contributed by atoms with Crippen LogP contribution in [0.3, 0.4) is 0 Å². The molecule has 1 atom stereocenters. The van der Waals surface area contributed by atoms with E-state index in [1.807, 2.05) is 0 Å². The predicted octanol–water partition coefficient (Wildman–Crippen LogP) is 21.9. The normalized spacial score (nSPS) is 12.6. The first kappa shape index (κ1) is 71.6.